The van der Waals surface area contributed by atoms with Crippen LogP contribution in [0.15, 0.2) is 22.8 Å². The zero-order valence-electron chi connectivity index (χ0n) is 20.8. The Morgan fingerprint density at radius 2 is 1.97 bits per heavy atom. The van der Waals surface area contributed by atoms with Crippen LogP contribution in [0, 0.1) is 46.8 Å². The molecule has 0 heterocycles. The van der Waals surface area contributed by atoms with Gasteiger partial charge in [-0.3, -0.25) is 0 Å². The van der Waals surface area contributed by atoms with Gasteiger partial charge in [0.25, 0.3) is 0 Å². The molecule has 0 amide bonds. The first kappa shape index (κ1) is 23.7. The first-order chi connectivity index (χ1) is 14.0. The van der Waals surface area contributed by atoms with Crippen LogP contribution in [0.5, 0.6) is 0 Å². The molecule has 0 aliphatic heterocycles. The van der Waals surface area contributed by atoms with Crippen molar-refractivity contribution in [2.75, 3.05) is 0 Å². The fraction of sp³-hybridized carbons (Fsp3) is 0.793. The van der Waals surface area contributed by atoms with Crippen LogP contribution in [0.4, 0.5) is 0 Å². The largest absolute Gasteiger partial charge is 0.390 e. The smallest absolute Gasteiger partial charge is 0.0591 e. The van der Waals surface area contributed by atoms with Crippen molar-refractivity contribution in [2.45, 2.75) is 112 Å². The van der Waals surface area contributed by atoms with Gasteiger partial charge in [-0.2, -0.15) is 0 Å². The number of hydrogen-bond acceptors (Lipinski definition) is 1. The van der Waals surface area contributed by atoms with E-state index in [1.54, 1.807) is 0 Å². The first-order valence-electron chi connectivity index (χ1n) is 12.7. The number of rotatable bonds is 5. The average Bonchev–Trinajstić information content (AvgIpc) is 3.00. The van der Waals surface area contributed by atoms with Crippen LogP contribution in [0.3, 0.4) is 0 Å². The molecule has 0 spiro atoms. The molecular weight excluding hydrogens is 364 g/mol. The van der Waals surface area contributed by atoms with Gasteiger partial charge in [0.15, 0.2) is 0 Å². The molecular formula is C29H46O. The Labute approximate surface area is 186 Å². The van der Waals surface area contributed by atoms with E-state index in [9.17, 15) is 5.11 Å². The third-order valence-corrected chi connectivity index (χ3v) is 8.85. The van der Waals surface area contributed by atoms with Gasteiger partial charge in [0.1, 0.15) is 0 Å². The highest BCUT2D eigenvalue weighted by atomic mass is 16.3. The molecule has 0 aromatic heterocycles. The highest BCUT2D eigenvalue weighted by Gasteiger charge is 2.50. The fourth-order valence-electron chi connectivity index (χ4n) is 6.91. The quantitative estimate of drug-likeness (QED) is 0.460. The summed E-state index contributed by atoms with van der Waals surface area (Å²) in [6.07, 6.45) is 13.4. The molecule has 0 radical (unpaired) electrons. The Hall–Kier alpha value is -1.00. The van der Waals surface area contributed by atoms with Crippen LogP contribution in [0.25, 0.3) is 0 Å². The van der Waals surface area contributed by atoms with Crippen LogP contribution >= 0.6 is 0 Å². The number of fused-ring (bicyclic) bond motifs is 1. The van der Waals surface area contributed by atoms with E-state index in [0.717, 1.165) is 30.6 Å². The van der Waals surface area contributed by atoms with E-state index in [2.05, 4.69) is 52.5 Å². The van der Waals surface area contributed by atoms with E-state index in [1.807, 2.05) is 13.8 Å². The van der Waals surface area contributed by atoms with Gasteiger partial charge in [-0.1, -0.05) is 64.0 Å². The summed E-state index contributed by atoms with van der Waals surface area (Å²) in [5.41, 5.74) is 4.28. The second-order valence-corrected chi connectivity index (χ2v) is 12.0. The minimum absolute atomic E-state index is 0.406. The molecule has 168 valence electrons. The van der Waals surface area contributed by atoms with Crippen molar-refractivity contribution in [1.82, 2.24) is 0 Å². The Morgan fingerprint density at radius 3 is 2.67 bits per heavy atom. The monoisotopic (exact) mass is 410 g/mol. The van der Waals surface area contributed by atoms with Gasteiger partial charge in [0.05, 0.1) is 5.60 Å². The minimum atomic E-state index is -0.529. The summed E-state index contributed by atoms with van der Waals surface area (Å²) >= 11 is 0. The van der Waals surface area contributed by atoms with Crippen molar-refractivity contribution < 1.29 is 5.11 Å². The van der Waals surface area contributed by atoms with Crippen molar-refractivity contribution in [1.29, 1.82) is 0 Å². The standard InChI is InChI=1S/C29H46O/c1-20-18-22(3)23(4)25(19-20)13-12-24-11-9-17-29(7)26(14-15-27(24)29)21(2)10-8-16-28(5,6)30/h11,20-22,26-27,30H,8-10,14-19H2,1-7H3/t20-,21+,22-,26+,27?,29+/m0/s1. The van der Waals surface area contributed by atoms with Gasteiger partial charge in [-0.25, -0.2) is 0 Å². The van der Waals surface area contributed by atoms with Crippen LogP contribution in [-0.4, -0.2) is 10.7 Å². The third-order valence-electron chi connectivity index (χ3n) is 8.85. The summed E-state index contributed by atoms with van der Waals surface area (Å²) in [4.78, 5) is 0. The average molecular weight is 411 g/mol. The topological polar surface area (TPSA) is 20.2 Å². The Bertz CT molecular complexity index is 737. The highest BCUT2D eigenvalue weighted by molar-refractivity contribution is 5.44. The van der Waals surface area contributed by atoms with Crippen molar-refractivity contribution in [3.05, 3.63) is 22.8 Å². The number of hydrogen-bond donors (Lipinski definition) is 1. The SMILES string of the molecule is CC1=C(C#CC2=CCC[C@@]3(C)C2CC[C@@H]3[C@H](C)CCCC(C)(C)O)C[C@@H](C)C[C@@H]1C. The summed E-state index contributed by atoms with van der Waals surface area (Å²) in [7, 11) is 0. The molecule has 0 saturated heterocycles. The Kier molecular flexibility index (Phi) is 7.29. The predicted molar refractivity (Wildman–Crippen MR) is 129 cm³/mol. The molecule has 1 nitrogen and oxygen atoms in total. The lowest BCUT2D eigenvalue weighted by Gasteiger charge is -2.42. The van der Waals surface area contributed by atoms with Gasteiger partial charge in [-0.15, -0.1) is 0 Å². The summed E-state index contributed by atoms with van der Waals surface area (Å²) < 4.78 is 0. The van der Waals surface area contributed by atoms with Gasteiger partial charge in [-0.05, 0) is 101 Å². The molecule has 30 heavy (non-hydrogen) atoms. The first-order valence-corrected chi connectivity index (χ1v) is 12.7. The molecule has 1 saturated carbocycles. The normalized spacial score (nSPS) is 35.4. The van der Waals surface area contributed by atoms with Crippen molar-refractivity contribution in [2.24, 2.45) is 35.0 Å². The zero-order valence-corrected chi connectivity index (χ0v) is 20.8. The lowest BCUT2D eigenvalue weighted by molar-refractivity contribution is 0.0614. The molecule has 1 fully saturated rings. The van der Waals surface area contributed by atoms with Crippen molar-refractivity contribution in [3.8, 4) is 11.8 Å². The second-order valence-electron chi connectivity index (χ2n) is 12.0. The molecule has 1 unspecified atom stereocenters. The van der Waals surface area contributed by atoms with Crippen LogP contribution in [0.2, 0.25) is 0 Å². The number of allylic oxidation sites excluding steroid dienone is 4. The van der Waals surface area contributed by atoms with Crippen LogP contribution in [0.1, 0.15) is 106 Å². The van der Waals surface area contributed by atoms with Crippen molar-refractivity contribution in [3.63, 3.8) is 0 Å². The van der Waals surface area contributed by atoms with Gasteiger partial charge in [0, 0.05) is 11.1 Å². The van der Waals surface area contributed by atoms with E-state index in [0.29, 0.717) is 17.3 Å². The molecule has 3 rings (SSSR count). The molecule has 1 heteroatoms. The lowest BCUT2D eigenvalue weighted by Crippen LogP contribution is -2.35. The molecule has 0 aromatic carbocycles. The van der Waals surface area contributed by atoms with E-state index >= 15 is 0 Å². The summed E-state index contributed by atoms with van der Waals surface area (Å²) in [6, 6.07) is 0. The molecule has 3 aliphatic rings. The molecule has 3 aliphatic carbocycles. The van der Waals surface area contributed by atoms with Gasteiger partial charge >= 0.3 is 0 Å². The number of aliphatic hydroxyl groups is 1. The maximum absolute atomic E-state index is 10.1. The Morgan fingerprint density at radius 1 is 1.23 bits per heavy atom. The Balaban J connectivity index is 1.71. The van der Waals surface area contributed by atoms with Crippen LogP contribution in [-0.2, 0) is 0 Å². The summed E-state index contributed by atoms with van der Waals surface area (Å²) in [5.74, 6) is 11.0. The van der Waals surface area contributed by atoms with Gasteiger partial charge in [0.2, 0.25) is 0 Å². The maximum Gasteiger partial charge on any atom is 0.0591 e. The lowest BCUT2D eigenvalue weighted by atomic mass is 9.62. The molecule has 0 bridgehead atoms. The fourth-order valence-corrected chi connectivity index (χ4v) is 6.91. The molecule has 1 N–H and O–H groups in total. The van der Waals surface area contributed by atoms with E-state index in [-0.39, 0.29) is 0 Å². The summed E-state index contributed by atoms with van der Waals surface area (Å²) in [5, 5.41) is 10.1. The van der Waals surface area contributed by atoms with E-state index in [1.165, 1.54) is 61.7 Å². The zero-order chi connectivity index (χ0) is 22.1. The highest BCUT2D eigenvalue weighted by Crippen LogP contribution is 2.58. The predicted octanol–water partition coefficient (Wildman–Crippen LogP) is 7.70. The van der Waals surface area contributed by atoms with Crippen molar-refractivity contribution >= 4 is 0 Å². The second kappa shape index (κ2) is 9.24. The third kappa shape index (κ3) is 5.24. The minimum Gasteiger partial charge on any atom is -0.390 e. The molecule has 6 atom stereocenters. The molecule has 0 aromatic rings. The maximum atomic E-state index is 10.1. The van der Waals surface area contributed by atoms with Crippen LogP contribution < -0.4 is 0 Å². The van der Waals surface area contributed by atoms with Gasteiger partial charge < -0.3 is 5.11 Å². The summed E-state index contributed by atoms with van der Waals surface area (Å²) in [6.45, 7) is 15.9. The van der Waals surface area contributed by atoms with E-state index in [4.69, 9.17) is 0 Å². The van der Waals surface area contributed by atoms with E-state index < -0.39 is 5.60 Å².